The van der Waals surface area contributed by atoms with Crippen LogP contribution in [-0.4, -0.2) is 45.9 Å². The Labute approximate surface area is 133 Å². The first-order chi connectivity index (χ1) is 10.8. The fourth-order valence-electron chi connectivity index (χ4n) is 2.89. The predicted octanol–water partition coefficient (Wildman–Crippen LogP) is 2.07. The van der Waals surface area contributed by atoms with E-state index in [-0.39, 0.29) is 5.91 Å². The molecule has 3 heterocycles. The normalized spacial score (nSPS) is 18.2. The molecule has 22 heavy (non-hydrogen) atoms. The van der Waals surface area contributed by atoms with E-state index in [1.165, 1.54) is 11.3 Å². The third-order valence-electron chi connectivity index (χ3n) is 3.94. The molecule has 0 aromatic carbocycles. The van der Waals surface area contributed by atoms with Crippen molar-refractivity contribution in [3.63, 3.8) is 0 Å². The molecule has 3 rings (SSSR count). The first kappa shape index (κ1) is 14.9. The minimum atomic E-state index is 0.0974. The molecule has 0 radical (unpaired) electrons. The van der Waals surface area contributed by atoms with Crippen LogP contribution in [0.1, 0.15) is 28.2 Å². The Bertz CT molecular complexity index is 631. The zero-order chi connectivity index (χ0) is 15.4. The van der Waals surface area contributed by atoms with Crippen LogP contribution in [-0.2, 0) is 6.42 Å². The van der Waals surface area contributed by atoms with Crippen LogP contribution >= 0.6 is 11.3 Å². The summed E-state index contributed by atoms with van der Waals surface area (Å²) in [7, 11) is 1.86. The number of hydrogen-bond donors (Lipinski definition) is 1. The molecule has 0 spiro atoms. The standard InChI is InChI=1S/C15H19N5OS/c1-16-14-12(18-4-5-19-14)7-11-3-2-6-20(9-11)15(21)13-8-17-10-22-13/h4-5,8,10-11H,2-3,6-7,9H2,1H3,(H,16,19)/t11-/m1/s1. The number of likely N-dealkylation sites (tertiary alicyclic amines) is 1. The van der Waals surface area contributed by atoms with Crippen LogP contribution in [0, 0.1) is 5.92 Å². The molecule has 1 aliphatic rings. The van der Waals surface area contributed by atoms with Crippen molar-refractivity contribution < 1.29 is 4.79 Å². The molecule has 1 saturated heterocycles. The highest BCUT2D eigenvalue weighted by Gasteiger charge is 2.26. The van der Waals surface area contributed by atoms with Crippen LogP contribution in [0.5, 0.6) is 0 Å². The highest BCUT2D eigenvalue weighted by Crippen LogP contribution is 2.24. The molecular formula is C15H19N5OS. The number of rotatable bonds is 4. The van der Waals surface area contributed by atoms with Crippen LogP contribution in [0.4, 0.5) is 5.82 Å². The molecule has 1 atom stereocenters. The number of amides is 1. The third-order valence-corrected chi connectivity index (χ3v) is 4.70. The van der Waals surface area contributed by atoms with Crippen LogP contribution < -0.4 is 5.32 Å². The Morgan fingerprint density at radius 1 is 1.45 bits per heavy atom. The van der Waals surface area contributed by atoms with Crippen LogP contribution in [0.2, 0.25) is 0 Å². The summed E-state index contributed by atoms with van der Waals surface area (Å²) in [5.74, 6) is 1.35. The first-order valence-corrected chi connectivity index (χ1v) is 8.31. The second-order valence-corrected chi connectivity index (χ2v) is 6.32. The summed E-state index contributed by atoms with van der Waals surface area (Å²) in [6.45, 7) is 1.60. The van der Waals surface area contributed by atoms with E-state index in [1.807, 2.05) is 11.9 Å². The predicted molar refractivity (Wildman–Crippen MR) is 86.0 cm³/mol. The van der Waals surface area contributed by atoms with E-state index in [2.05, 4.69) is 20.3 Å². The van der Waals surface area contributed by atoms with Gasteiger partial charge in [-0.2, -0.15) is 0 Å². The van der Waals surface area contributed by atoms with E-state index in [0.717, 1.165) is 48.7 Å². The Balaban J connectivity index is 1.67. The molecule has 7 heteroatoms. The van der Waals surface area contributed by atoms with E-state index in [0.29, 0.717) is 5.92 Å². The number of thiazole rings is 1. The topological polar surface area (TPSA) is 71.0 Å². The Hall–Kier alpha value is -2.02. The van der Waals surface area contributed by atoms with Crippen molar-refractivity contribution in [3.8, 4) is 0 Å². The van der Waals surface area contributed by atoms with Gasteiger partial charge in [-0.3, -0.25) is 14.8 Å². The molecular weight excluding hydrogens is 298 g/mol. The zero-order valence-corrected chi connectivity index (χ0v) is 13.3. The van der Waals surface area contributed by atoms with Gasteiger partial charge in [-0.25, -0.2) is 4.98 Å². The van der Waals surface area contributed by atoms with E-state index < -0.39 is 0 Å². The summed E-state index contributed by atoms with van der Waals surface area (Å²) in [6.07, 6.45) is 8.06. The Morgan fingerprint density at radius 2 is 2.32 bits per heavy atom. The first-order valence-electron chi connectivity index (χ1n) is 7.43. The van der Waals surface area contributed by atoms with E-state index >= 15 is 0 Å². The summed E-state index contributed by atoms with van der Waals surface area (Å²) in [5, 5.41) is 3.08. The lowest BCUT2D eigenvalue weighted by atomic mass is 9.93. The van der Waals surface area contributed by atoms with Crippen LogP contribution in [0.25, 0.3) is 0 Å². The SMILES string of the molecule is CNc1nccnc1C[C@H]1CCCN(C(=O)c2cncs2)C1. The summed E-state index contributed by atoms with van der Waals surface area (Å²) in [6, 6.07) is 0. The minimum Gasteiger partial charge on any atom is -0.372 e. The lowest BCUT2D eigenvalue weighted by molar-refractivity contribution is 0.0677. The second-order valence-electron chi connectivity index (χ2n) is 5.43. The van der Waals surface area contributed by atoms with Gasteiger partial charge in [0.1, 0.15) is 10.7 Å². The number of carbonyl (C=O) groups excluding carboxylic acids is 1. The van der Waals surface area contributed by atoms with Gasteiger partial charge in [-0.05, 0) is 25.2 Å². The molecule has 1 amide bonds. The van der Waals surface area contributed by atoms with E-state index in [9.17, 15) is 4.79 Å². The molecule has 1 aliphatic heterocycles. The molecule has 1 N–H and O–H groups in total. The van der Waals surface area contributed by atoms with Gasteiger partial charge in [0.15, 0.2) is 0 Å². The fraction of sp³-hybridized carbons (Fsp3) is 0.467. The van der Waals surface area contributed by atoms with Gasteiger partial charge in [0, 0.05) is 32.5 Å². The van der Waals surface area contributed by atoms with E-state index in [4.69, 9.17) is 0 Å². The molecule has 6 nitrogen and oxygen atoms in total. The van der Waals surface area contributed by atoms with Crippen molar-refractivity contribution in [2.24, 2.45) is 5.92 Å². The van der Waals surface area contributed by atoms with Gasteiger partial charge >= 0.3 is 0 Å². The quantitative estimate of drug-likeness (QED) is 0.935. The summed E-state index contributed by atoms with van der Waals surface area (Å²) < 4.78 is 0. The van der Waals surface area contributed by atoms with Gasteiger partial charge < -0.3 is 10.2 Å². The largest absolute Gasteiger partial charge is 0.372 e. The molecule has 0 aliphatic carbocycles. The minimum absolute atomic E-state index is 0.0974. The van der Waals surface area contributed by atoms with Crippen molar-refractivity contribution in [2.45, 2.75) is 19.3 Å². The highest BCUT2D eigenvalue weighted by atomic mass is 32.1. The number of carbonyl (C=O) groups is 1. The monoisotopic (exact) mass is 317 g/mol. The number of piperidine rings is 1. The average molecular weight is 317 g/mol. The maximum Gasteiger partial charge on any atom is 0.265 e. The van der Waals surface area contributed by atoms with Crippen molar-refractivity contribution in [3.05, 3.63) is 34.7 Å². The van der Waals surface area contributed by atoms with Crippen LogP contribution in [0.3, 0.4) is 0 Å². The molecule has 116 valence electrons. The fourth-order valence-corrected chi connectivity index (χ4v) is 3.48. The maximum absolute atomic E-state index is 12.4. The van der Waals surface area contributed by atoms with Gasteiger partial charge in [-0.1, -0.05) is 0 Å². The molecule has 0 saturated carbocycles. The van der Waals surface area contributed by atoms with Crippen molar-refractivity contribution in [2.75, 3.05) is 25.5 Å². The second kappa shape index (κ2) is 6.83. The van der Waals surface area contributed by atoms with Gasteiger partial charge in [0.25, 0.3) is 5.91 Å². The van der Waals surface area contributed by atoms with Crippen molar-refractivity contribution in [1.82, 2.24) is 19.9 Å². The van der Waals surface area contributed by atoms with Gasteiger partial charge in [0.2, 0.25) is 0 Å². The smallest absolute Gasteiger partial charge is 0.265 e. The number of aromatic nitrogens is 3. The highest BCUT2D eigenvalue weighted by molar-refractivity contribution is 7.11. The number of anilines is 1. The third kappa shape index (κ3) is 3.24. The molecule has 0 unspecified atom stereocenters. The van der Waals surface area contributed by atoms with Crippen molar-refractivity contribution >= 4 is 23.1 Å². The molecule has 1 fully saturated rings. The maximum atomic E-state index is 12.4. The lowest BCUT2D eigenvalue weighted by Crippen LogP contribution is -2.40. The van der Waals surface area contributed by atoms with E-state index in [1.54, 1.807) is 24.1 Å². The molecule has 2 aromatic rings. The number of nitrogens with zero attached hydrogens (tertiary/aromatic N) is 4. The van der Waals surface area contributed by atoms with Crippen molar-refractivity contribution in [1.29, 1.82) is 0 Å². The average Bonchev–Trinajstić information content (AvgIpc) is 3.09. The molecule has 0 bridgehead atoms. The number of nitrogens with one attached hydrogen (secondary N) is 1. The summed E-state index contributed by atoms with van der Waals surface area (Å²) >= 11 is 1.40. The summed E-state index contributed by atoms with van der Waals surface area (Å²) in [5.41, 5.74) is 2.68. The lowest BCUT2D eigenvalue weighted by Gasteiger charge is -2.32. The molecule has 2 aromatic heterocycles. The summed E-state index contributed by atoms with van der Waals surface area (Å²) in [4.78, 5) is 27.8. The van der Waals surface area contributed by atoms with Gasteiger partial charge in [-0.15, -0.1) is 11.3 Å². The van der Waals surface area contributed by atoms with Crippen LogP contribution in [0.15, 0.2) is 24.1 Å². The Kier molecular flexibility index (Phi) is 4.62. The zero-order valence-electron chi connectivity index (χ0n) is 12.5. The number of hydrogen-bond acceptors (Lipinski definition) is 6. The van der Waals surface area contributed by atoms with Gasteiger partial charge in [0.05, 0.1) is 17.4 Å². The Morgan fingerprint density at radius 3 is 3.09 bits per heavy atom.